The third-order valence-corrected chi connectivity index (χ3v) is 3.85. The van der Waals surface area contributed by atoms with Gasteiger partial charge in [-0.05, 0) is 19.8 Å². The Bertz CT molecular complexity index is 380. The Balaban J connectivity index is 2.75. The van der Waals surface area contributed by atoms with Crippen LogP contribution in [0.5, 0.6) is 0 Å². The lowest BCUT2D eigenvalue weighted by molar-refractivity contribution is -0.104. The van der Waals surface area contributed by atoms with E-state index >= 15 is 0 Å². The third kappa shape index (κ3) is 3.53. The van der Waals surface area contributed by atoms with Gasteiger partial charge in [0.2, 0.25) is 0 Å². The summed E-state index contributed by atoms with van der Waals surface area (Å²) in [6.45, 7) is 10.3. The van der Waals surface area contributed by atoms with Crippen LogP contribution in [0.3, 0.4) is 0 Å². The van der Waals surface area contributed by atoms with Gasteiger partial charge in [0.25, 0.3) is 0 Å². The summed E-state index contributed by atoms with van der Waals surface area (Å²) in [5, 5.41) is 0. The zero-order valence-electron chi connectivity index (χ0n) is 12.2. The molecule has 19 heavy (non-hydrogen) atoms. The number of allylic oxidation sites excluding steroid dienone is 1. The fourth-order valence-corrected chi connectivity index (χ4v) is 2.47. The van der Waals surface area contributed by atoms with Crippen LogP contribution in [0.1, 0.15) is 26.7 Å². The molecule has 1 saturated heterocycles. The van der Waals surface area contributed by atoms with E-state index in [1.165, 1.54) is 6.20 Å². The van der Waals surface area contributed by atoms with Gasteiger partial charge in [0.1, 0.15) is 5.84 Å². The first-order valence-electron chi connectivity index (χ1n) is 6.70. The Labute approximate surface area is 115 Å². The summed E-state index contributed by atoms with van der Waals surface area (Å²) in [7, 11) is 1.73. The highest BCUT2D eigenvalue weighted by molar-refractivity contribution is 6.13. The van der Waals surface area contributed by atoms with E-state index in [1.54, 1.807) is 13.2 Å². The number of ether oxygens (including phenoxy) is 1. The standard InChI is InChI=1S/C15H24N2O2/c1-5-13(10-18)14(16-7-3)17-11-15(6-2,12-17)8-9-19-4/h5,7,10H,3,6,8-9,11-12H2,1-2,4H3/b13-5-,16-14?. The van der Waals surface area contributed by atoms with Crippen molar-refractivity contribution in [3.05, 3.63) is 24.4 Å². The Kier molecular flexibility index (Phi) is 5.96. The van der Waals surface area contributed by atoms with Crippen LogP contribution < -0.4 is 0 Å². The van der Waals surface area contributed by atoms with E-state index in [9.17, 15) is 4.79 Å². The van der Waals surface area contributed by atoms with Gasteiger partial charge < -0.3 is 9.64 Å². The molecule has 0 saturated carbocycles. The molecule has 0 aromatic rings. The SMILES string of the molecule is C=CN=C(/C(C=O)=C\C)N1CC(CC)(CCOC)C1. The van der Waals surface area contributed by atoms with E-state index in [1.807, 2.05) is 6.92 Å². The zero-order valence-corrected chi connectivity index (χ0v) is 12.2. The van der Waals surface area contributed by atoms with E-state index in [0.29, 0.717) is 11.0 Å². The quantitative estimate of drug-likeness (QED) is 0.307. The maximum absolute atomic E-state index is 11.1. The van der Waals surface area contributed by atoms with Crippen LogP contribution in [0.4, 0.5) is 0 Å². The number of nitrogens with zero attached hydrogens (tertiary/aromatic N) is 2. The van der Waals surface area contributed by atoms with E-state index in [2.05, 4.69) is 23.4 Å². The number of carbonyl (C=O) groups excluding carboxylic acids is 1. The number of amidine groups is 1. The van der Waals surface area contributed by atoms with E-state index in [4.69, 9.17) is 4.74 Å². The first-order valence-corrected chi connectivity index (χ1v) is 6.70. The molecule has 0 atom stereocenters. The van der Waals surface area contributed by atoms with Crippen LogP contribution in [-0.4, -0.2) is 43.8 Å². The minimum Gasteiger partial charge on any atom is -0.385 e. The second kappa shape index (κ2) is 7.24. The largest absolute Gasteiger partial charge is 0.385 e. The number of likely N-dealkylation sites (tertiary alicyclic amines) is 1. The van der Waals surface area contributed by atoms with Gasteiger partial charge in [-0.25, -0.2) is 4.99 Å². The van der Waals surface area contributed by atoms with Crippen molar-refractivity contribution in [3.8, 4) is 0 Å². The Morgan fingerprint density at radius 3 is 2.63 bits per heavy atom. The summed E-state index contributed by atoms with van der Waals surface area (Å²) in [5.74, 6) is 0.731. The minimum atomic E-state index is 0.291. The molecule has 1 fully saturated rings. The predicted octanol–water partition coefficient (Wildman–Crippen LogP) is 2.42. The number of hydrogen-bond acceptors (Lipinski definition) is 3. The summed E-state index contributed by atoms with van der Waals surface area (Å²) in [5.41, 5.74) is 0.913. The van der Waals surface area contributed by atoms with Crippen LogP contribution >= 0.6 is 0 Å². The first-order chi connectivity index (χ1) is 9.16. The van der Waals surface area contributed by atoms with Gasteiger partial charge in [-0.3, -0.25) is 4.79 Å². The van der Waals surface area contributed by atoms with Gasteiger partial charge in [0, 0.05) is 38.4 Å². The number of aldehydes is 1. The molecule has 1 rings (SSSR count). The fourth-order valence-electron chi connectivity index (χ4n) is 2.47. The van der Waals surface area contributed by atoms with Crippen molar-refractivity contribution < 1.29 is 9.53 Å². The first kappa shape index (κ1) is 15.6. The monoisotopic (exact) mass is 264 g/mol. The molecule has 0 aromatic heterocycles. The third-order valence-electron chi connectivity index (χ3n) is 3.85. The van der Waals surface area contributed by atoms with E-state index < -0.39 is 0 Å². The maximum atomic E-state index is 11.1. The number of carbonyl (C=O) groups is 1. The maximum Gasteiger partial charge on any atom is 0.153 e. The van der Waals surface area contributed by atoms with Gasteiger partial charge in [0.15, 0.2) is 6.29 Å². The molecule has 0 radical (unpaired) electrons. The number of aliphatic imine (C=N–C) groups is 1. The van der Waals surface area contributed by atoms with Gasteiger partial charge in [-0.1, -0.05) is 19.6 Å². The summed E-state index contributed by atoms with van der Waals surface area (Å²) in [6.07, 6.45) is 6.29. The van der Waals surface area contributed by atoms with Crippen molar-refractivity contribution in [1.29, 1.82) is 0 Å². The van der Waals surface area contributed by atoms with Crippen LogP contribution in [0, 0.1) is 5.41 Å². The lowest BCUT2D eigenvalue weighted by Crippen LogP contribution is -2.59. The van der Waals surface area contributed by atoms with Crippen LogP contribution in [0.15, 0.2) is 29.4 Å². The average Bonchev–Trinajstić information content (AvgIpc) is 2.39. The Morgan fingerprint density at radius 2 is 2.21 bits per heavy atom. The van der Waals surface area contributed by atoms with Crippen molar-refractivity contribution in [2.24, 2.45) is 10.4 Å². The summed E-state index contributed by atoms with van der Waals surface area (Å²) < 4.78 is 5.18. The summed E-state index contributed by atoms with van der Waals surface area (Å²) >= 11 is 0. The molecule has 4 heteroatoms. The molecule has 0 unspecified atom stereocenters. The highest BCUT2D eigenvalue weighted by Gasteiger charge is 2.42. The molecule has 0 aromatic carbocycles. The molecule has 0 spiro atoms. The van der Waals surface area contributed by atoms with Gasteiger partial charge >= 0.3 is 0 Å². The van der Waals surface area contributed by atoms with Crippen molar-refractivity contribution >= 4 is 12.1 Å². The normalized spacial score (nSPS) is 19.0. The second-order valence-corrected chi connectivity index (χ2v) is 4.95. The highest BCUT2D eigenvalue weighted by Crippen LogP contribution is 2.38. The van der Waals surface area contributed by atoms with Crippen molar-refractivity contribution in [2.75, 3.05) is 26.8 Å². The minimum absolute atomic E-state index is 0.291. The van der Waals surface area contributed by atoms with E-state index in [0.717, 1.165) is 44.7 Å². The molecule has 0 amide bonds. The predicted molar refractivity (Wildman–Crippen MR) is 78.2 cm³/mol. The number of rotatable bonds is 7. The van der Waals surface area contributed by atoms with Gasteiger partial charge in [-0.15, -0.1) is 0 Å². The highest BCUT2D eigenvalue weighted by atomic mass is 16.5. The van der Waals surface area contributed by atoms with Crippen LogP contribution in [0.2, 0.25) is 0 Å². The smallest absolute Gasteiger partial charge is 0.153 e. The molecular formula is C15H24N2O2. The molecule has 0 aliphatic carbocycles. The number of hydrogen-bond donors (Lipinski definition) is 0. The molecule has 1 heterocycles. The second-order valence-electron chi connectivity index (χ2n) is 4.95. The van der Waals surface area contributed by atoms with Crippen molar-refractivity contribution in [3.63, 3.8) is 0 Å². The molecule has 0 bridgehead atoms. The van der Waals surface area contributed by atoms with Gasteiger partial charge in [-0.2, -0.15) is 0 Å². The van der Waals surface area contributed by atoms with Gasteiger partial charge in [0.05, 0.1) is 5.57 Å². The molecule has 1 aliphatic rings. The Morgan fingerprint density at radius 1 is 1.53 bits per heavy atom. The van der Waals surface area contributed by atoms with E-state index in [-0.39, 0.29) is 0 Å². The van der Waals surface area contributed by atoms with Crippen molar-refractivity contribution in [2.45, 2.75) is 26.7 Å². The lowest BCUT2D eigenvalue weighted by atomic mass is 9.74. The molecule has 1 aliphatic heterocycles. The fraction of sp³-hybridized carbons (Fsp3) is 0.600. The van der Waals surface area contributed by atoms with Crippen LogP contribution in [-0.2, 0) is 9.53 Å². The molecular weight excluding hydrogens is 240 g/mol. The lowest BCUT2D eigenvalue weighted by Gasteiger charge is -2.51. The number of methoxy groups -OCH3 is 1. The zero-order chi connectivity index (χ0) is 14.3. The molecule has 4 nitrogen and oxygen atoms in total. The summed E-state index contributed by atoms with van der Waals surface area (Å²) in [6, 6.07) is 0. The topological polar surface area (TPSA) is 41.9 Å². The molecule has 0 N–H and O–H groups in total. The molecule has 106 valence electrons. The summed E-state index contributed by atoms with van der Waals surface area (Å²) in [4.78, 5) is 17.5. The average molecular weight is 264 g/mol. The van der Waals surface area contributed by atoms with Crippen LogP contribution in [0.25, 0.3) is 0 Å². The van der Waals surface area contributed by atoms with Crippen molar-refractivity contribution in [1.82, 2.24) is 4.90 Å². The Hall–Kier alpha value is -1.42.